The van der Waals surface area contributed by atoms with E-state index in [0.717, 1.165) is 11.8 Å². The van der Waals surface area contributed by atoms with Crippen LogP contribution < -0.4 is 14.8 Å². The third-order valence-corrected chi connectivity index (χ3v) is 3.89. The molecule has 1 heterocycles. The summed E-state index contributed by atoms with van der Waals surface area (Å²) >= 11 is 0. The maximum Gasteiger partial charge on any atom is 0.335 e. The second-order valence-corrected chi connectivity index (χ2v) is 6.75. The molecule has 0 aromatic heterocycles. The fourth-order valence-electron chi connectivity index (χ4n) is 2.86. The Bertz CT molecular complexity index is 823. The molecule has 1 aliphatic rings. The molecule has 4 heteroatoms. The minimum atomic E-state index is -0.434. The number of fused-ring (bicyclic) bond motifs is 1. The molecule has 27 heavy (non-hydrogen) atoms. The topological polar surface area (TPSA) is 47.6 Å². The quantitative estimate of drug-likeness (QED) is 0.443. The lowest BCUT2D eigenvalue weighted by Gasteiger charge is -2.31. The fraction of sp³-hybridized carbons (Fsp3) is 0.261. The van der Waals surface area contributed by atoms with Gasteiger partial charge in [0.2, 0.25) is 0 Å². The van der Waals surface area contributed by atoms with Gasteiger partial charge in [-0.05, 0) is 63.6 Å². The molecule has 1 aliphatic heterocycles. The lowest BCUT2D eigenvalue weighted by molar-refractivity contribution is -0.128. The minimum absolute atomic E-state index is 0.0320. The molecule has 0 atom stereocenters. The van der Waals surface area contributed by atoms with Crippen LogP contribution in [0.3, 0.4) is 0 Å². The van der Waals surface area contributed by atoms with Crippen molar-refractivity contribution in [3.8, 4) is 11.5 Å². The Kier molecular flexibility index (Phi) is 6.83. The number of benzene rings is 2. The van der Waals surface area contributed by atoms with E-state index in [4.69, 9.17) is 9.47 Å². The van der Waals surface area contributed by atoms with E-state index in [1.54, 1.807) is 24.3 Å². The van der Waals surface area contributed by atoms with Crippen LogP contribution in [-0.2, 0) is 4.79 Å². The van der Waals surface area contributed by atoms with Crippen molar-refractivity contribution in [3.05, 3.63) is 72.8 Å². The molecule has 2 aromatic rings. The van der Waals surface area contributed by atoms with Crippen molar-refractivity contribution in [2.45, 2.75) is 33.2 Å². The van der Waals surface area contributed by atoms with Crippen LogP contribution >= 0.6 is 0 Å². The molecule has 0 spiro atoms. The molecular formula is C23H27NO3. The molecule has 0 saturated heterocycles. The van der Waals surface area contributed by atoms with Gasteiger partial charge in [0.1, 0.15) is 11.5 Å². The number of hydrogen-bond donors (Lipinski definition) is 1. The number of para-hydroxylation sites is 1. The lowest BCUT2D eigenvalue weighted by Crippen LogP contribution is -2.31. The van der Waals surface area contributed by atoms with Crippen molar-refractivity contribution in [2.75, 3.05) is 11.9 Å². The second kappa shape index (κ2) is 9.08. The van der Waals surface area contributed by atoms with Gasteiger partial charge in [-0.3, -0.25) is 0 Å². The predicted molar refractivity (Wildman–Crippen MR) is 111 cm³/mol. The summed E-state index contributed by atoms with van der Waals surface area (Å²) < 4.78 is 10.3. The highest BCUT2D eigenvalue weighted by Gasteiger charge is 2.22. The number of esters is 1. The highest BCUT2D eigenvalue weighted by atomic mass is 16.5. The van der Waals surface area contributed by atoms with Crippen LogP contribution in [0.2, 0.25) is 0 Å². The predicted octanol–water partition coefficient (Wildman–Crippen LogP) is 5.47. The third-order valence-electron chi connectivity index (χ3n) is 3.89. The summed E-state index contributed by atoms with van der Waals surface area (Å²) in [5.41, 5.74) is 3.77. The van der Waals surface area contributed by atoms with E-state index in [1.165, 1.54) is 16.8 Å². The van der Waals surface area contributed by atoms with Crippen LogP contribution in [0.25, 0.3) is 5.57 Å². The number of carbonyl (C=O) groups is 1. The van der Waals surface area contributed by atoms with E-state index in [0.29, 0.717) is 12.4 Å². The van der Waals surface area contributed by atoms with E-state index in [2.05, 4.69) is 50.9 Å². The summed E-state index contributed by atoms with van der Waals surface area (Å²) in [7, 11) is 0. The Hall–Kier alpha value is -3.01. The van der Waals surface area contributed by atoms with Crippen molar-refractivity contribution in [1.29, 1.82) is 0 Å². The Labute approximate surface area is 161 Å². The van der Waals surface area contributed by atoms with Crippen molar-refractivity contribution in [1.82, 2.24) is 0 Å². The van der Waals surface area contributed by atoms with Crippen LogP contribution in [0.4, 0.5) is 5.69 Å². The van der Waals surface area contributed by atoms with Gasteiger partial charge >= 0.3 is 5.97 Å². The zero-order valence-electron chi connectivity index (χ0n) is 16.4. The SMILES string of the molecule is C=CC(=O)Oc1ccccc1.CCOc1ccc2c(c1)C(C)=CC(C)(C)N2. The van der Waals surface area contributed by atoms with Crippen molar-refractivity contribution in [2.24, 2.45) is 0 Å². The van der Waals surface area contributed by atoms with Gasteiger partial charge in [0.25, 0.3) is 0 Å². The van der Waals surface area contributed by atoms with E-state index in [9.17, 15) is 4.79 Å². The van der Waals surface area contributed by atoms with Crippen molar-refractivity contribution >= 4 is 17.2 Å². The van der Waals surface area contributed by atoms with Gasteiger partial charge in [0.05, 0.1) is 12.1 Å². The molecule has 1 N–H and O–H groups in total. The number of hydrogen-bond acceptors (Lipinski definition) is 4. The zero-order chi connectivity index (χ0) is 19.9. The molecular weight excluding hydrogens is 338 g/mol. The zero-order valence-corrected chi connectivity index (χ0v) is 16.4. The number of carbonyl (C=O) groups excluding carboxylic acids is 1. The average molecular weight is 365 g/mol. The van der Waals surface area contributed by atoms with Crippen molar-refractivity contribution in [3.63, 3.8) is 0 Å². The van der Waals surface area contributed by atoms with Gasteiger partial charge in [0.15, 0.2) is 0 Å². The molecule has 0 saturated carbocycles. The van der Waals surface area contributed by atoms with Crippen molar-refractivity contribution < 1.29 is 14.3 Å². The molecule has 0 amide bonds. The standard InChI is InChI=1S/C14H19NO.C9H8O2/c1-5-16-11-6-7-13-12(8-11)10(2)9-14(3,4)15-13;1-2-9(10)11-8-6-4-3-5-7-8/h6-9,15H,5H2,1-4H3;2-7H,1H2. The van der Waals surface area contributed by atoms with E-state index < -0.39 is 5.97 Å². The first-order valence-electron chi connectivity index (χ1n) is 8.99. The first kappa shape index (κ1) is 20.3. The van der Waals surface area contributed by atoms with Gasteiger partial charge in [0, 0.05) is 17.3 Å². The van der Waals surface area contributed by atoms with Gasteiger partial charge in [-0.2, -0.15) is 0 Å². The monoisotopic (exact) mass is 365 g/mol. The minimum Gasteiger partial charge on any atom is -0.494 e. The summed E-state index contributed by atoms with van der Waals surface area (Å²) in [6.45, 7) is 12.5. The molecule has 0 bridgehead atoms. The van der Waals surface area contributed by atoms with Gasteiger partial charge < -0.3 is 14.8 Å². The molecule has 142 valence electrons. The number of allylic oxidation sites excluding steroid dienone is 1. The Morgan fingerprint density at radius 3 is 2.48 bits per heavy atom. The van der Waals surface area contributed by atoms with E-state index >= 15 is 0 Å². The molecule has 0 fully saturated rings. The first-order chi connectivity index (χ1) is 12.8. The Morgan fingerprint density at radius 1 is 1.15 bits per heavy atom. The molecule has 4 nitrogen and oxygen atoms in total. The van der Waals surface area contributed by atoms with E-state index in [-0.39, 0.29) is 5.54 Å². The lowest BCUT2D eigenvalue weighted by atomic mass is 9.91. The maximum atomic E-state index is 10.6. The van der Waals surface area contributed by atoms with Crippen LogP contribution in [0.1, 0.15) is 33.3 Å². The van der Waals surface area contributed by atoms with Gasteiger partial charge in [-0.25, -0.2) is 4.79 Å². The van der Waals surface area contributed by atoms with Crippen LogP contribution in [-0.4, -0.2) is 18.1 Å². The largest absolute Gasteiger partial charge is 0.494 e. The molecule has 3 rings (SSSR count). The van der Waals surface area contributed by atoms with Gasteiger partial charge in [-0.15, -0.1) is 0 Å². The van der Waals surface area contributed by atoms with Gasteiger partial charge in [-0.1, -0.05) is 30.9 Å². The summed E-state index contributed by atoms with van der Waals surface area (Å²) in [5.74, 6) is 1.05. The highest BCUT2D eigenvalue weighted by molar-refractivity contribution is 5.83. The highest BCUT2D eigenvalue weighted by Crippen LogP contribution is 2.35. The normalized spacial score (nSPS) is 13.7. The number of nitrogens with one attached hydrogen (secondary N) is 1. The molecule has 2 aromatic carbocycles. The first-order valence-corrected chi connectivity index (χ1v) is 8.99. The summed E-state index contributed by atoms with van der Waals surface area (Å²) in [6, 6.07) is 15.1. The second-order valence-electron chi connectivity index (χ2n) is 6.75. The summed E-state index contributed by atoms with van der Waals surface area (Å²) in [6.07, 6.45) is 3.39. The van der Waals surface area contributed by atoms with E-state index in [1.807, 2.05) is 19.1 Å². The smallest absolute Gasteiger partial charge is 0.335 e. The fourth-order valence-corrected chi connectivity index (χ4v) is 2.86. The van der Waals surface area contributed by atoms with Crippen LogP contribution in [0.5, 0.6) is 11.5 Å². The molecule has 0 unspecified atom stereocenters. The molecule has 0 radical (unpaired) electrons. The number of anilines is 1. The average Bonchev–Trinajstić information content (AvgIpc) is 2.63. The maximum absolute atomic E-state index is 10.6. The van der Waals surface area contributed by atoms with Crippen LogP contribution in [0, 0.1) is 0 Å². The summed E-state index contributed by atoms with van der Waals surface area (Å²) in [4.78, 5) is 10.6. The van der Waals surface area contributed by atoms with Crippen LogP contribution in [0.15, 0.2) is 67.3 Å². The summed E-state index contributed by atoms with van der Waals surface area (Å²) in [5, 5.41) is 3.50. The third kappa shape index (κ3) is 6.03. The molecule has 0 aliphatic carbocycles. The number of rotatable bonds is 4. The Morgan fingerprint density at radius 2 is 1.85 bits per heavy atom. The number of ether oxygens (including phenoxy) is 2. The Balaban J connectivity index is 0.000000208.